The van der Waals surface area contributed by atoms with E-state index in [1.165, 1.54) is 0 Å². The molecule has 2 aliphatic rings. The Kier molecular flexibility index (Phi) is 4.98. The van der Waals surface area contributed by atoms with Crippen LogP contribution in [0.15, 0.2) is 18.5 Å². The number of carbonyl (C=O) groups excluding carboxylic acids is 1. The third kappa shape index (κ3) is 3.45. The highest BCUT2D eigenvalue weighted by Gasteiger charge is 2.46. The summed E-state index contributed by atoms with van der Waals surface area (Å²) in [5.74, 6) is 0.563. The first-order valence-electron chi connectivity index (χ1n) is 10.0. The zero-order valence-corrected chi connectivity index (χ0v) is 16.2. The lowest BCUT2D eigenvalue weighted by atomic mass is 9.63. The number of H-pyrrole nitrogens is 1. The van der Waals surface area contributed by atoms with Gasteiger partial charge in [-0.05, 0) is 50.0 Å². The van der Waals surface area contributed by atoms with Gasteiger partial charge < -0.3 is 20.8 Å². The predicted octanol–water partition coefficient (Wildman–Crippen LogP) is 3.34. The number of aromatic amines is 1. The number of primary amides is 1. The van der Waals surface area contributed by atoms with Gasteiger partial charge in [0.05, 0.1) is 35.9 Å². The van der Waals surface area contributed by atoms with Gasteiger partial charge in [-0.25, -0.2) is 4.98 Å². The number of carbonyl (C=O) groups is 1. The molecule has 1 unspecified atom stereocenters. The van der Waals surface area contributed by atoms with Gasteiger partial charge in [0, 0.05) is 23.8 Å². The molecule has 2 bridgehead atoms. The molecule has 0 spiro atoms. The van der Waals surface area contributed by atoms with Crippen molar-refractivity contribution in [1.29, 1.82) is 5.26 Å². The molecule has 2 saturated carbocycles. The lowest BCUT2D eigenvalue weighted by Gasteiger charge is -2.51. The fourth-order valence-corrected chi connectivity index (χ4v) is 5.27. The van der Waals surface area contributed by atoms with E-state index in [0.717, 1.165) is 48.8 Å². The number of anilines is 1. The fraction of sp³-hybridized carbons (Fsp3) is 0.571. The van der Waals surface area contributed by atoms with Crippen LogP contribution < -0.4 is 11.1 Å². The summed E-state index contributed by atoms with van der Waals surface area (Å²) < 4.78 is 6.23. The standard InChI is InChI=1S/C21H27N5O2/c1-13-9-14-11-21(10-13,28-8-2-6-22)5-3-17(14)26-18-15-4-7-24-20(15)25-12-16(18)19(23)27/h4,7,12-14,17H,2-3,5,8-11H2,1H3,(H2,23,27)(H2,24,25,26)/t13?,14-,17+,21-/m0/s1. The highest BCUT2D eigenvalue weighted by Crippen LogP contribution is 2.48. The average molecular weight is 381 g/mol. The number of nitrogens with zero attached hydrogens (tertiary/aromatic N) is 2. The molecule has 1 amide bonds. The van der Waals surface area contributed by atoms with Crippen LogP contribution in [0.25, 0.3) is 11.0 Å². The Morgan fingerprint density at radius 1 is 1.54 bits per heavy atom. The first kappa shape index (κ1) is 18.8. The zero-order chi connectivity index (χ0) is 19.7. The third-order valence-corrected chi connectivity index (χ3v) is 6.34. The van der Waals surface area contributed by atoms with Crippen molar-refractivity contribution >= 4 is 22.6 Å². The summed E-state index contributed by atoms with van der Waals surface area (Å²) in [7, 11) is 0. The molecule has 2 aromatic heterocycles. The highest BCUT2D eigenvalue weighted by atomic mass is 16.5. The SMILES string of the molecule is CC1C[C@H]2C[C@](OCCC#N)(CC[C@H]2Nc2c(C(N)=O)cnc3[nH]ccc23)C1. The van der Waals surface area contributed by atoms with E-state index in [9.17, 15) is 4.79 Å². The molecule has 0 radical (unpaired) electrons. The van der Waals surface area contributed by atoms with Crippen molar-refractivity contribution in [1.82, 2.24) is 9.97 Å². The molecule has 2 aromatic rings. The quantitative estimate of drug-likeness (QED) is 0.664. The molecule has 7 heteroatoms. The second kappa shape index (κ2) is 7.44. The lowest BCUT2D eigenvalue weighted by molar-refractivity contribution is -0.118. The summed E-state index contributed by atoms with van der Waals surface area (Å²) >= 11 is 0. The number of nitriles is 1. The number of aromatic nitrogens is 2. The molecule has 0 saturated heterocycles. The monoisotopic (exact) mass is 381 g/mol. The maximum atomic E-state index is 12.0. The zero-order valence-electron chi connectivity index (χ0n) is 16.2. The first-order valence-corrected chi connectivity index (χ1v) is 10.0. The molecule has 4 N–H and O–H groups in total. The molecule has 2 fully saturated rings. The molecule has 4 atom stereocenters. The minimum absolute atomic E-state index is 0.106. The van der Waals surface area contributed by atoms with Gasteiger partial charge in [0.15, 0.2) is 0 Å². The molecule has 0 aromatic carbocycles. The largest absolute Gasteiger partial charge is 0.381 e. The van der Waals surface area contributed by atoms with E-state index in [1.54, 1.807) is 6.20 Å². The molecular formula is C21H27N5O2. The number of hydrogen-bond acceptors (Lipinski definition) is 5. The summed E-state index contributed by atoms with van der Waals surface area (Å²) in [6.07, 6.45) is 8.93. The maximum absolute atomic E-state index is 12.0. The Bertz CT molecular complexity index is 917. The van der Waals surface area contributed by atoms with Crippen LogP contribution in [0.1, 0.15) is 55.8 Å². The Morgan fingerprint density at radius 2 is 2.39 bits per heavy atom. The number of fused-ring (bicyclic) bond motifs is 3. The number of ether oxygens (including phenoxy) is 1. The molecular weight excluding hydrogens is 354 g/mol. The van der Waals surface area contributed by atoms with Crippen LogP contribution >= 0.6 is 0 Å². The van der Waals surface area contributed by atoms with Crippen LogP contribution in [0, 0.1) is 23.2 Å². The van der Waals surface area contributed by atoms with Gasteiger partial charge >= 0.3 is 0 Å². The maximum Gasteiger partial charge on any atom is 0.252 e. The predicted molar refractivity (Wildman–Crippen MR) is 107 cm³/mol. The van der Waals surface area contributed by atoms with Crippen molar-refractivity contribution in [3.63, 3.8) is 0 Å². The number of nitrogens with two attached hydrogens (primary N) is 1. The van der Waals surface area contributed by atoms with Gasteiger partial charge in [0.2, 0.25) is 0 Å². The minimum atomic E-state index is -0.472. The summed E-state index contributed by atoms with van der Waals surface area (Å²) in [5, 5.41) is 13.4. The van der Waals surface area contributed by atoms with Crippen molar-refractivity contribution in [3.8, 4) is 6.07 Å². The van der Waals surface area contributed by atoms with Gasteiger partial charge in [0.1, 0.15) is 5.65 Å². The molecule has 2 aliphatic carbocycles. The number of hydrogen-bond donors (Lipinski definition) is 3. The Morgan fingerprint density at radius 3 is 3.18 bits per heavy atom. The van der Waals surface area contributed by atoms with Crippen LogP contribution in [0.4, 0.5) is 5.69 Å². The van der Waals surface area contributed by atoms with E-state index in [4.69, 9.17) is 15.7 Å². The van der Waals surface area contributed by atoms with Crippen LogP contribution in [-0.4, -0.2) is 34.1 Å². The van der Waals surface area contributed by atoms with Gasteiger partial charge in [-0.3, -0.25) is 4.79 Å². The van der Waals surface area contributed by atoms with Crippen molar-refractivity contribution in [2.75, 3.05) is 11.9 Å². The van der Waals surface area contributed by atoms with E-state index in [1.807, 2.05) is 12.3 Å². The summed E-state index contributed by atoms with van der Waals surface area (Å²) in [5.41, 5.74) is 7.46. The van der Waals surface area contributed by atoms with Gasteiger partial charge in [0.25, 0.3) is 5.91 Å². The fourth-order valence-electron chi connectivity index (χ4n) is 5.27. The number of amides is 1. The second-order valence-corrected chi connectivity index (χ2v) is 8.39. The van der Waals surface area contributed by atoms with E-state index in [2.05, 4.69) is 28.3 Å². The molecule has 4 rings (SSSR count). The Labute approximate surface area is 164 Å². The van der Waals surface area contributed by atoms with Crippen LogP contribution in [0.3, 0.4) is 0 Å². The van der Waals surface area contributed by atoms with E-state index in [0.29, 0.717) is 30.4 Å². The second-order valence-electron chi connectivity index (χ2n) is 8.39. The molecule has 0 aliphatic heterocycles. The lowest BCUT2D eigenvalue weighted by Crippen LogP contribution is -2.51. The van der Waals surface area contributed by atoms with Crippen molar-refractivity contribution in [2.24, 2.45) is 17.6 Å². The summed E-state index contributed by atoms with van der Waals surface area (Å²) in [6, 6.07) is 4.36. The van der Waals surface area contributed by atoms with Crippen molar-refractivity contribution in [2.45, 2.75) is 57.1 Å². The first-order chi connectivity index (χ1) is 13.5. The van der Waals surface area contributed by atoms with Crippen LogP contribution in [0.2, 0.25) is 0 Å². The number of nitrogens with one attached hydrogen (secondary N) is 2. The highest BCUT2D eigenvalue weighted by molar-refractivity contribution is 6.05. The number of pyridine rings is 1. The normalized spacial score (nSPS) is 29.4. The Balaban J connectivity index is 1.58. The van der Waals surface area contributed by atoms with Crippen LogP contribution in [-0.2, 0) is 4.74 Å². The molecule has 148 valence electrons. The van der Waals surface area contributed by atoms with Crippen molar-refractivity contribution < 1.29 is 9.53 Å². The van der Waals surface area contributed by atoms with Crippen LogP contribution in [0.5, 0.6) is 0 Å². The van der Waals surface area contributed by atoms with E-state index in [-0.39, 0.29) is 11.6 Å². The Hall–Kier alpha value is -2.59. The average Bonchev–Trinajstić information content (AvgIpc) is 3.13. The van der Waals surface area contributed by atoms with Crippen molar-refractivity contribution in [3.05, 3.63) is 24.0 Å². The van der Waals surface area contributed by atoms with Gasteiger partial charge in [-0.2, -0.15) is 5.26 Å². The van der Waals surface area contributed by atoms with Gasteiger partial charge in [-0.1, -0.05) is 6.92 Å². The summed E-state index contributed by atoms with van der Waals surface area (Å²) in [4.78, 5) is 19.4. The molecule has 28 heavy (non-hydrogen) atoms. The summed E-state index contributed by atoms with van der Waals surface area (Å²) in [6.45, 7) is 2.79. The molecule has 7 nitrogen and oxygen atoms in total. The number of rotatable bonds is 6. The topological polar surface area (TPSA) is 117 Å². The van der Waals surface area contributed by atoms with E-state index < -0.39 is 5.91 Å². The third-order valence-electron chi connectivity index (χ3n) is 6.34. The molecule has 2 heterocycles. The smallest absolute Gasteiger partial charge is 0.252 e. The van der Waals surface area contributed by atoms with E-state index >= 15 is 0 Å². The van der Waals surface area contributed by atoms with Gasteiger partial charge in [-0.15, -0.1) is 0 Å². The minimum Gasteiger partial charge on any atom is -0.381 e.